The Morgan fingerprint density at radius 2 is 2.30 bits per heavy atom. The quantitative estimate of drug-likeness (QED) is 0.481. The van der Waals surface area contributed by atoms with Gasteiger partial charge in [-0.25, -0.2) is 4.98 Å². The minimum atomic E-state index is -0.292. The van der Waals surface area contributed by atoms with Crippen LogP contribution in [0.4, 0.5) is 5.69 Å². The number of nitrogens with one attached hydrogen (secondary N) is 3. The molecule has 0 unspecified atom stereocenters. The Hall–Kier alpha value is -2.81. The fraction of sp³-hybridized carbons (Fsp3) is 0.143. The van der Waals surface area contributed by atoms with E-state index in [1.165, 1.54) is 6.20 Å². The summed E-state index contributed by atoms with van der Waals surface area (Å²) >= 11 is 1.13. The summed E-state index contributed by atoms with van der Waals surface area (Å²) in [6.07, 6.45) is 1.41. The van der Waals surface area contributed by atoms with Crippen LogP contribution in [0.1, 0.15) is 0 Å². The van der Waals surface area contributed by atoms with E-state index in [0.717, 1.165) is 11.8 Å². The first-order valence-electron chi connectivity index (χ1n) is 6.66. The van der Waals surface area contributed by atoms with Gasteiger partial charge in [-0.05, 0) is 12.1 Å². The Balaban J connectivity index is 1.64. The summed E-state index contributed by atoms with van der Waals surface area (Å²) in [5.74, 6) is 0.557. The second-order valence-corrected chi connectivity index (χ2v) is 5.54. The third-order valence-corrected chi connectivity index (χ3v) is 3.86. The van der Waals surface area contributed by atoms with Gasteiger partial charge in [-0.1, -0.05) is 17.8 Å². The minimum Gasteiger partial charge on any atom is -0.497 e. The van der Waals surface area contributed by atoms with Gasteiger partial charge in [0.2, 0.25) is 5.91 Å². The molecule has 0 bridgehead atoms. The number of hydrogen-bond acceptors (Lipinski definition) is 6. The van der Waals surface area contributed by atoms with Gasteiger partial charge in [0.05, 0.1) is 19.1 Å². The molecule has 0 aliphatic carbocycles. The van der Waals surface area contributed by atoms with Gasteiger partial charge in [0.25, 0.3) is 5.56 Å². The number of carbonyl (C=O) groups excluding carboxylic acids is 1. The molecule has 2 heterocycles. The van der Waals surface area contributed by atoms with E-state index < -0.39 is 0 Å². The largest absolute Gasteiger partial charge is 0.497 e. The molecule has 0 saturated heterocycles. The molecule has 23 heavy (non-hydrogen) atoms. The number of ether oxygens (including phenoxy) is 1. The van der Waals surface area contributed by atoms with Crippen molar-refractivity contribution in [3.63, 3.8) is 0 Å². The Bertz CT molecular complexity index is 905. The maximum atomic E-state index is 12.0. The van der Waals surface area contributed by atoms with E-state index >= 15 is 0 Å². The van der Waals surface area contributed by atoms with Crippen LogP contribution < -0.4 is 15.6 Å². The molecule has 3 aromatic rings. The van der Waals surface area contributed by atoms with Crippen molar-refractivity contribution in [2.45, 2.75) is 5.16 Å². The van der Waals surface area contributed by atoms with Crippen LogP contribution in [-0.2, 0) is 4.79 Å². The van der Waals surface area contributed by atoms with E-state index in [9.17, 15) is 9.59 Å². The van der Waals surface area contributed by atoms with E-state index in [-0.39, 0.29) is 17.2 Å². The number of hydrogen-bond donors (Lipinski definition) is 3. The number of fused-ring (bicyclic) bond motifs is 1. The lowest BCUT2D eigenvalue weighted by atomic mass is 10.3. The lowest BCUT2D eigenvalue weighted by Gasteiger charge is -2.06. The Morgan fingerprint density at radius 1 is 1.43 bits per heavy atom. The molecular formula is C14H13N5O3S. The second kappa shape index (κ2) is 6.53. The monoisotopic (exact) mass is 331 g/mol. The number of carbonyl (C=O) groups is 1. The maximum absolute atomic E-state index is 12.0. The standard InChI is InChI=1S/C14H13N5O3S/c1-22-9-4-2-3-8(5-9)16-11(20)7-23-14-17-12-10(6-15-19-12)13(21)18-14/h2-6H,7H2,1H3,(H,16,20)(H2,15,17,18,19,21). The summed E-state index contributed by atoms with van der Waals surface area (Å²) in [7, 11) is 1.56. The number of rotatable bonds is 5. The molecule has 0 saturated carbocycles. The average Bonchev–Trinajstić information content (AvgIpc) is 3.02. The minimum absolute atomic E-state index is 0.111. The van der Waals surface area contributed by atoms with Gasteiger partial charge in [0, 0.05) is 11.8 Å². The zero-order valence-corrected chi connectivity index (χ0v) is 12.9. The average molecular weight is 331 g/mol. The molecule has 3 rings (SSSR count). The molecule has 0 radical (unpaired) electrons. The zero-order chi connectivity index (χ0) is 16.2. The zero-order valence-electron chi connectivity index (χ0n) is 12.1. The van der Waals surface area contributed by atoms with Crippen LogP contribution in [0, 0.1) is 0 Å². The predicted molar refractivity (Wildman–Crippen MR) is 86.9 cm³/mol. The van der Waals surface area contributed by atoms with Crippen molar-refractivity contribution in [1.29, 1.82) is 0 Å². The normalized spacial score (nSPS) is 10.7. The molecule has 0 spiro atoms. The van der Waals surface area contributed by atoms with Gasteiger partial charge in [-0.2, -0.15) is 5.10 Å². The first-order chi connectivity index (χ1) is 11.2. The van der Waals surface area contributed by atoms with Gasteiger partial charge in [0.1, 0.15) is 11.1 Å². The van der Waals surface area contributed by atoms with Gasteiger partial charge in [-0.3, -0.25) is 14.7 Å². The number of aromatic nitrogens is 4. The molecular weight excluding hydrogens is 318 g/mol. The highest BCUT2D eigenvalue weighted by Gasteiger charge is 2.09. The second-order valence-electron chi connectivity index (χ2n) is 4.57. The number of aromatic amines is 2. The summed E-state index contributed by atoms with van der Waals surface area (Å²) < 4.78 is 5.10. The van der Waals surface area contributed by atoms with Crippen LogP contribution in [0.5, 0.6) is 5.75 Å². The molecule has 3 N–H and O–H groups in total. The molecule has 2 aromatic heterocycles. The van der Waals surface area contributed by atoms with E-state index in [1.807, 2.05) is 0 Å². The predicted octanol–water partition coefficient (Wildman–Crippen LogP) is 1.39. The summed E-state index contributed by atoms with van der Waals surface area (Å²) in [5.41, 5.74) is 0.740. The van der Waals surface area contributed by atoms with E-state index in [1.54, 1.807) is 31.4 Å². The molecule has 1 amide bonds. The number of nitrogens with zero attached hydrogens (tertiary/aromatic N) is 2. The molecule has 8 nitrogen and oxygen atoms in total. The SMILES string of the molecule is COc1cccc(NC(=O)CSc2nc3[nH]ncc3c(=O)[nH]2)c1. The van der Waals surface area contributed by atoms with Crippen molar-refractivity contribution in [1.82, 2.24) is 20.2 Å². The van der Waals surface area contributed by atoms with Crippen LogP contribution in [-0.4, -0.2) is 38.9 Å². The van der Waals surface area contributed by atoms with Crippen LogP contribution in [0.15, 0.2) is 40.4 Å². The smallest absolute Gasteiger partial charge is 0.262 e. The van der Waals surface area contributed by atoms with Crippen molar-refractivity contribution in [2.24, 2.45) is 0 Å². The Labute approximate surface area is 134 Å². The summed E-state index contributed by atoms with van der Waals surface area (Å²) in [4.78, 5) is 30.6. The number of amides is 1. The first-order valence-corrected chi connectivity index (χ1v) is 7.64. The molecule has 0 aliphatic heterocycles. The number of thioether (sulfide) groups is 1. The number of anilines is 1. The van der Waals surface area contributed by atoms with Gasteiger partial charge in [-0.15, -0.1) is 0 Å². The highest BCUT2D eigenvalue weighted by atomic mass is 32.2. The van der Waals surface area contributed by atoms with Crippen molar-refractivity contribution in [3.8, 4) is 5.75 Å². The van der Waals surface area contributed by atoms with Crippen molar-refractivity contribution < 1.29 is 9.53 Å². The lowest BCUT2D eigenvalue weighted by molar-refractivity contribution is -0.113. The van der Waals surface area contributed by atoms with Gasteiger partial charge >= 0.3 is 0 Å². The highest BCUT2D eigenvalue weighted by molar-refractivity contribution is 7.99. The topological polar surface area (TPSA) is 113 Å². The van der Waals surface area contributed by atoms with Crippen molar-refractivity contribution >= 4 is 34.4 Å². The first kappa shape index (κ1) is 15.1. The molecule has 0 aliphatic rings. The third kappa shape index (κ3) is 3.51. The molecule has 1 aromatic carbocycles. The lowest BCUT2D eigenvalue weighted by Crippen LogP contribution is -2.15. The van der Waals surface area contributed by atoms with Crippen LogP contribution in [0.2, 0.25) is 0 Å². The number of benzene rings is 1. The fourth-order valence-electron chi connectivity index (χ4n) is 1.92. The van der Waals surface area contributed by atoms with E-state index in [4.69, 9.17) is 4.74 Å². The third-order valence-electron chi connectivity index (χ3n) is 2.99. The van der Waals surface area contributed by atoms with Gasteiger partial charge < -0.3 is 15.0 Å². The van der Waals surface area contributed by atoms with Crippen LogP contribution in [0.3, 0.4) is 0 Å². The summed E-state index contributed by atoms with van der Waals surface area (Å²) in [6.45, 7) is 0. The number of H-pyrrole nitrogens is 2. The van der Waals surface area contributed by atoms with E-state index in [0.29, 0.717) is 27.6 Å². The highest BCUT2D eigenvalue weighted by Crippen LogP contribution is 2.18. The van der Waals surface area contributed by atoms with E-state index in [2.05, 4.69) is 25.5 Å². The Kier molecular flexibility index (Phi) is 4.29. The molecule has 118 valence electrons. The van der Waals surface area contributed by atoms with Crippen LogP contribution >= 0.6 is 11.8 Å². The molecule has 9 heteroatoms. The van der Waals surface area contributed by atoms with Gasteiger partial charge in [0.15, 0.2) is 10.8 Å². The summed E-state index contributed by atoms with van der Waals surface area (Å²) in [6, 6.07) is 7.06. The summed E-state index contributed by atoms with van der Waals surface area (Å²) in [5, 5.41) is 9.89. The fourth-order valence-corrected chi connectivity index (χ4v) is 2.59. The molecule has 0 fully saturated rings. The van der Waals surface area contributed by atoms with Crippen molar-refractivity contribution in [2.75, 3.05) is 18.2 Å². The Morgan fingerprint density at radius 3 is 3.13 bits per heavy atom. The maximum Gasteiger partial charge on any atom is 0.262 e. The molecule has 0 atom stereocenters. The number of methoxy groups -OCH3 is 1. The van der Waals surface area contributed by atoms with Crippen LogP contribution in [0.25, 0.3) is 11.0 Å². The van der Waals surface area contributed by atoms with Crippen molar-refractivity contribution in [3.05, 3.63) is 40.8 Å².